The largest absolute Gasteiger partial charge is 0.310 e. The lowest BCUT2D eigenvalue weighted by molar-refractivity contribution is 0.768. The minimum absolute atomic E-state index is 0.494. The molecule has 0 saturated heterocycles. The summed E-state index contributed by atoms with van der Waals surface area (Å²) in [7, 11) is 0. The smallest absolute Gasteiger partial charge is 0.0713 e. The van der Waals surface area contributed by atoms with Gasteiger partial charge in [-0.1, -0.05) is 255 Å². The highest BCUT2D eigenvalue weighted by atomic mass is 15.1. The summed E-state index contributed by atoms with van der Waals surface area (Å²) in [6.45, 7) is 0. The van der Waals surface area contributed by atoms with Crippen molar-refractivity contribution in [3.63, 3.8) is 0 Å². The summed E-state index contributed by atoms with van der Waals surface area (Å²) in [5.41, 5.74) is 20.0. The van der Waals surface area contributed by atoms with Crippen molar-refractivity contribution in [3.05, 3.63) is 320 Å². The molecule has 0 aromatic heterocycles. The second kappa shape index (κ2) is 17.9. The fourth-order valence-electron chi connectivity index (χ4n) is 12.2. The van der Waals surface area contributed by atoms with E-state index in [0.29, 0.717) is 0 Å². The average molecular weight is 940 g/mol. The predicted octanol–water partition coefficient (Wildman–Crippen LogP) is 19.6. The van der Waals surface area contributed by atoms with E-state index in [1.54, 1.807) is 0 Å². The fraction of sp³-hybridized carbons (Fsp3) is 0.0137. The highest BCUT2D eigenvalue weighted by molar-refractivity contribution is 6.22. The molecule has 13 aromatic rings. The third-order valence-corrected chi connectivity index (χ3v) is 15.5. The number of hydrogen-bond donors (Lipinski definition) is 0. The SMILES string of the molecule is c1ccc(-c2c(-c3ccccc3)c3cc(N(c4ccc(-c5ccc(-c6ccc7ccccc7c6)cc5)cc4)c4ccc5c(c4)-c4ccccc4C5(c4ccccc4)c4ccccc4)ccc3c3ccccc23)cc1. The first-order valence-corrected chi connectivity index (χ1v) is 25.7. The summed E-state index contributed by atoms with van der Waals surface area (Å²) in [5.74, 6) is 0. The molecule has 1 nitrogen and oxygen atoms in total. The topological polar surface area (TPSA) is 3.24 Å². The zero-order chi connectivity index (χ0) is 49.0. The Bertz CT molecular complexity index is 4160. The Hall–Kier alpha value is -9.56. The lowest BCUT2D eigenvalue weighted by Gasteiger charge is -2.34. The molecule has 0 atom stereocenters. The molecule has 0 aliphatic heterocycles. The first-order chi connectivity index (χ1) is 36.7. The summed E-state index contributed by atoms with van der Waals surface area (Å²) < 4.78 is 0. The van der Waals surface area contributed by atoms with Crippen molar-refractivity contribution in [3.8, 4) is 55.6 Å². The van der Waals surface area contributed by atoms with Crippen LogP contribution in [-0.4, -0.2) is 0 Å². The molecule has 14 rings (SSSR count). The quantitative estimate of drug-likeness (QED) is 0.130. The molecule has 0 heterocycles. The Kier molecular flexibility index (Phi) is 10.5. The van der Waals surface area contributed by atoms with Crippen molar-refractivity contribution < 1.29 is 0 Å². The van der Waals surface area contributed by atoms with E-state index in [1.807, 2.05) is 0 Å². The minimum Gasteiger partial charge on any atom is -0.310 e. The summed E-state index contributed by atoms with van der Waals surface area (Å²) in [6.07, 6.45) is 0. The van der Waals surface area contributed by atoms with Crippen LogP contribution >= 0.6 is 0 Å². The predicted molar refractivity (Wildman–Crippen MR) is 313 cm³/mol. The summed E-state index contributed by atoms with van der Waals surface area (Å²) >= 11 is 0. The molecule has 0 spiro atoms. The van der Waals surface area contributed by atoms with E-state index in [0.717, 1.165) is 17.1 Å². The zero-order valence-electron chi connectivity index (χ0n) is 40.7. The minimum atomic E-state index is -0.494. The molecular weight excluding hydrogens is 891 g/mol. The van der Waals surface area contributed by atoms with Gasteiger partial charge in [-0.25, -0.2) is 0 Å². The Balaban J connectivity index is 0.971. The van der Waals surface area contributed by atoms with Crippen molar-refractivity contribution in [2.75, 3.05) is 4.90 Å². The first kappa shape index (κ1) is 43.2. The molecule has 0 saturated carbocycles. The molecular formula is C73H49N. The van der Waals surface area contributed by atoms with Gasteiger partial charge in [-0.3, -0.25) is 0 Å². The fourth-order valence-corrected chi connectivity index (χ4v) is 12.2. The molecule has 0 unspecified atom stereocenters. The molecule has 346 valence electrons. The van der Waals surface area contributed by atoms with Gasteiger partial charge >= 0.3 is 0 Å². The number of fused-ring (bicyclic) bond motifs is 7. The molecule has 0 amide bonds. The monoisotopic (exact) mass is 939 g/mol. The molecule has 0 radical (unpaired) electrons. The summed E-state index contributed by atoms with van der Waals surface area (Å²) in [5, 5.41) is 7.42. The third kappa shape index (κ3) is 7.08. The standard InChI is InChI=1S/C73H49N/c1-5-20-54(21-6-1)71-66-31-16-15-29-63(66)64-45-43-61(49-68(64)72(71)55-22-7-2-8-23-55)74(60-41-39-52(40-42-60)51-33-35-53(36-34-51)57-38-37-50-19-13-14-24-56(50)47-57)62-44-46-70-67(48-62)65-30-17-18-32-69(65)73(70,58-25-9-3-10-26-58)59-27-11-4-12-28-59/h1-49H. The molecule has 74 heavy (non-hydrogen) atoms. The highest BCUT2D eigenvalue weighted by Crippen LogP contribution is 2.57. The van der Waals surface area contributed by atoms with E-state index in [9.17, 15) is 0 Å². The molecule has 0 fully saturated rings. The maximum Gasteiger partial charge on any atom is 0.0713 e. The molecule has 1 aliphatic carbocycles. The van der Waals surface area contributed by atoms with Crippen molar-refractivity contribution >= 4 is 49.4 Å². The van der Waals surface area contributed by atoms with Crippen LogP contribution < -0.4 is 4.90 Å². The second-order valence-electron chi connectivity index (χ2n) is 19.5. The summed E-state index contributed by atoms with van der Waals surface area (Å²) in [6, 6.07) is 110. The van der Waals surface area contributed by atoms with Gasteiger partial charge in [-0.05, 0) is 153 Å². The Morgan fingerprint density at radius 3 is 1.34 bits per heavy atom. The molecule has 1 heteroatoms. The third-order valence-electron chi connectivity index (χ3n) is 15.5. The normalized spacial score (nSPS) is 12.4. The van der Waals surface area contributed by atoms with Gasteiger partial charge in [0.1, 0.15) is 0 Å². The van der Waals surface area contributed by atoms with E-state index in [1.165, 1.54) is 110 Å². The van der Waals surface area contributed by atoms with E-state index >= 15 is 0 Å². The molecule has 0 bridgehead atoms. The van der Waals surface area contributed by atoms with Crippen molar-refractivity contribution in [2.45, 2.75) is 5.41 Å². The number of anilines is 3. The first-order valence-electron chi connectivity index (χ1n) is 25.7. The Morgan fingerprint density at radius 2 is 0.676 bits per heavy atom. The van der Waals surface area contributed by atoms with Gasteiger partial charge in [-0.2, -0.15) is 0 Å². The maximum absolute atomic E-state index is 2.46. The van der Waals surface area contributed by atoms with E-state index in [2.05, 4.69) is 302 Å². The van der Waals surface area contributed by atoms with Crippen LogP contribution in [-0.2, 0) is 5.41 Å². The van der Waals surface area contributed by atoms with Gasteiger partial charge in [0.2, 0.25) is 0 Å². The lowest BCUT2D eigenvalue weighted by atomic mass is 9.68. The zero-order valence-corrected chi connectivity index (χ0v) is 40.7. The van der Waals surface area contributed by atoms with Gasteiger partial charge in [0, 0.05) is 17.1 Å². The Labute approximate surface area is 432 Å². The van der Waals surface area contributed by atoms with Crippen molar-refractivity contribution in [2.24, 2.45) is 0 Å². The van der Waals surface area contributed by atoms with Gasteiger partial charge in [-0.15, -0.1) is 0 Å². The number of benzene rings is 13. The Morgan fingerprint density at radius 1 is 0.230 bits per heavy atom. The van der Waals surface area contributed by atoms with Crippen LogP contribution in [0.1, 0.15) is 22.3 Å². The summed E-state index contributed by atoms with van der Waals surface area (Å²) in [4.78, 5) is 2.46. The van der Waals surface area contributed by atoms with Crippen molar-refractivity contribution in [1.82, 2.24) is 0 Å². The average Bonchev–Trinajstić information content (AvgIpc) is 3.85. The van der Waals surface area contributed by atoms with Crippen LogP contribution in [0.25, 0.3) is 88.0 Å². The molecule has 1 aliphatic rings. The van der Waals surface area contributed by atoms with Gasteiger partial charge in [0.05, 0.1) is 5.41 Å². The van der Waals surface area contributed by atoms with E-state index in [-0.39, 0.29) is 0 Å². The van der Waals surface area contributed by atoms with Crippen LogP contribution in [0.15, 0.2) is 297 Å². The van der Waals surface area contributed by atoms with Gasteiger partial charge in [0.15, 0.2) is 0 Å². The second-order valence-corrected chi connectivity index (χ2v) is 19.5. The van der Waals surface area contributed by atoms with E-state index in [4.69, 9.17) is 0 Å². The van der Waals surface area contributed by atoms with Gasteiger partial charge in [0.25, 0.3) is 0 Å². The van der Waals surface area contributed by atoms with Crippen LogP contribution in [0.4, 0.5) is 17.1 Å². The number of rotatable bonds is 9. The maximum atomic E-state index is 2.46. The van der Waals surface area contributed by atoms with Crippen LogP contribution in [0.5, 0.6) is 0 Å². The number of nitrogens with zero attached hydrogens (tertiary/aromatic N) is 1. The van der Waals surface area contributed by atoms with Crippen LogP contribution in [0.3, 0.4) is 0 Å². The molecule has 0 N–H and O–H groups in total. The highest BCUT2D eigenvalue weighted by Gasteiger charge is 2.46. The lowest BCUT2D eigenvalue weighted by Crippen LogP contribution is -2.28. The van der Waals surface area contributed by atoms with E-state index < -0.39 is 5.41 Å². The number of hydrogen-bond acceptors (Lipinski definition) is 1. The van der Waals surface area contributed by atoms with Gasteiger partial charge < -0.3 is 4.90 Å². The van der Waals surface area contributed by atoms with Crippen LogP contribution in [0.2, 0.25) is 0 Å². The van der Waals surface area contributed by atoms with Crippen LogP contribution in [0, 0.1) is 0 Å². The van der Waals surface area contributed by atoms with Crippen molar-refractivity contribution in [1.29, 1.82) is 0 Å². The molecule has 13 aromatic carbocycles.